The van der Waals surface area contributed by atoms with Gasteiger partial charge in [-0.3, -0.25) is 19.4 Å². The Balaban J connectivity index is 1.25. The van der Waals surface area contributed by atoms with Crippen molar-refractivity contribution >= 4 is 17.7 Å². The Bertz CT molecular complexity index is 711. The van der Waals surface area contributed by atoms with Gasteiger partial charge >= 0.3 is 0 Å². The fourth-order valence-electron chi connectivity index (χ4n) is 4.68. The quantitative estimate of drug-likeness (QED) is 0.563. The van der Waals surface area contributed by atoms with Gasteiger partial charge in [-0.2, -0.15) is 0 Å². The average molecular weight is 429 g/mol. The maximum atomic E-state index is 12.4. The smallest absolute Gasteiger partial charge is 0.223 e. The van der Waals surface area contributed by atoms with Gasteiger partial charge in [-0.1, -0.05) is 25.3 Å². The highest BCUT2D eigenvalue weighted by atomic mass is 16.2. The molecule has 3 N–H and O–H groups in total. The van der Waals surface area contributed by atoms with Crippen molar-refractivity contribution in [2.75, 3.05) is 6.54 Å². The molecule has 0 saturated heterocycles. The van der Waals surface area contributed by atoms with Gasteiger partial charge in [0.2, 0.25) is 17.7 Å². The van der Waals surface area contributed by atoms with Crippen LogP contribution in [0.15, 0.2) is 24.5 Å². The zero-order valence-corrected chi connectivity index (χ0v) is 18.4. The summed E-state index contributed by atoms with van der Waals surface area (Å²) < 4.78 is 0. The van der Waals surface area contributed by atoms with Crippen LogP contribution in [0.3, 0.4) is 0 Å². The van der Waals surface area contributed by atoms with Crippen LogP contribution < -0.4 is 16.0 Å². The number of hydrogen-bond donors (Lipinski definition) is 3. The number of nitrogens with one attached hydrogen (secondary N) is 3. The molecule has 0 spiro atoms. The van der Waals surface area contributed by atoms with Crippen LogP contribution in [0.25, 0.3) is 0 Å². The van der Waals surface area contributed by atoms with Crippen LogP contribution in [0.5, 0.6) is 0 Å². The van der Waals surface area contributed by atoms with E-state index in [0.717, 1.165) is 31.2 Å². The van der Waals surface area contributed by atoms with Gasteiger partial charge in [-0.05, 0) is 56.1 Å². The normalized spacial score (nSPS) is 21.8. The van der Waals surface area contributed by atoms with Crippen molar-refractivity contribution in [2.24, 2.45) is 11.8 Å². The van der Waals surface area contributed by atoms with Crippen molar-refractivity contribution in [3.8, 4) is 0 Å². The minimum atomic E-state index is -0.0893. The average Bonchev–Trinajstić information content (AvgIpc) is 2.79. The Labute approximate surface area is 185 Å². The van der Waals surface area contributed by atoms with Crippen molar-refractivity contribution in [2.45, 2.75) is 83.2 Å². The Kier molecular flexibility index (Phi) is 9.31. The lowest BCUT2D eigenvalue weighted by Crippen LogP contribution is -2.41. The largest absolute Gasteiger partial charge is 0.355 e. The van der Waals surface area contributed by atoms with Crippen molar-refractivity contribution < 1.29 is 14.4 Å². The van der Waals surface area contributed by atoms with Crippen LogP contribution in [-0.2, 0) is 20.9 Å². The summed E-state index contributed by atoms with van der Waals surface area (Å²) in [5.74, 6) is 0.639. The number of carbonyl (C=O) groups excluding carboxylic acids is 3. The molecule has 2 fully saturated rings. The lowest BCUT2D eigenvalue weighted by molar-refractivity contribution is -0.126. The maximum absolute atomic E-state index is 12.4. The Morgan fingerprint density at radius 2 is 1.71 bits per heavy atom. The predicted molar refractivity (Wildman–Crippen MR) is 119 cm³/mol. The Morgan fingerprint density at radius 1 is 0.935 bits per heavy atom. The minimum Gasteiger partial charge on any atom is -0.355 e. The SMILES string of the molecule is O=C(CCNC(=O)C1CCC(NC(=O)CC2CCCCC2)CC1)NCc1cccnc1. The first-order valence-electron chi connectivity index (χ1n) is 11.8. The summed E-state index contributed by atoms with van der Waals surface area (Å²) in [5.41, 5.74) is 0.947. The number of hydrogen-bond acceptors (Lipinski definition) is 4. The van der Waals surface area contributed by atoms with Gasteiger partial charge in [0.05, 0.1) is 0 Å². The van der Waals surface area contributed by atoms with Gasteiger partial charge in [-0.25, -0.2) is 0 Å². The van der Waals surface area contributed by atoms with Crippen LogP contribution in [0.1, 0.15) is 76.2 Å². The molecule has 1 aromatic heterocycles. The zero-order valence-electron chi connectivity index (χ0n) is 18.4. The molecule has 7 nitrogen and oxygen atoms in total. The van der Waals surface area contributed by atoms with Crippen LogP contribution in [-0.4, -0.2) is 35.3 Å². The summed E-state index contributed by atoms with van der Waals surface area (Å²) in [6, 6.07) is 3.93. The molecule has 0 atom stereocenters. The highest BCUT2D eigenvalue weighted by Crippen LogP contribution is 2.27. The van der Waals surface area contributed by atoms with E-state index >= 15 is 0 Å². The molecule has 3 rings (SSSR count). The number of rotatable bonds is 9. The third kappa shape index (κ3) is 8.31. The number of pyridine rings is 1. The summed E-state index contributed by atoms with van der Waals surface area (Å²) in [6.07, 6.45) is 13.8. The second-order valence-corrected chi connectivity index (χ2v) is 9.00. The van der Waals surface area contributed by atoms with Gasteiger partial charge in [0.15, 0.2) is 0 Å². The summed E-state index contributed by atoms with van der Waals surface area (Å²) >= 11 is 0. The van der Waals surface area contributed by atoms with Crippen molar-refractivity contribution in [1.29, 1.82) is 0 Å². The second kappa shape index (κ2) is 12.4. The number of aromatic nitrogens is 1. The minimum absolute atomic E-state index is 0.0204. The first-order valence-corrected chi connectivity index (χ1v) is 11.8. The molecule has 0 unspecified atom stereocenters. The molecule has 3 amide bonds. The summed E-state index contributed by atoms with van der Waals surface area (Å²) in [5, 5.41) is 8.91. The van der Waals surface area contributed by atoms with E-state index in [1.54, 1.807) is 12.4 Å². The molecular weight excluding hydrogens is 392 g/mol. The molecule has 170 valence electrons. The Hall–Kier alpha value is -2.44. The van der Waals surface area contributed by atoms with E-state index in [4.69, 9.17) is 0 Å². The second-order valence-electron chi connectivity index (χ2n) is 9.00. The van der Waals surface area contributed by atoms with Crippen LogP contribution >= 0.6 is 0 Å². The van der Waals surface area contributed by atoms with E-state index < -0.39 is 0 Å². The van der Waals surface area contributed by atoms with Crippen LogP contribution in [0.4, 0.5) is 0 Å². The molecule has 2 aliphatic rings. The number of carbonyl (C=O) groups is 3. The van der Waals surface area contributed by atoms with E-state index in [1.165, 1.54) is 32.1 Å². The third-order valence-corrected chi connectivity index (χ3v) is 6.53. The van der Waals surface area contributed by atoms with Crippen molar-refractivity contribution in [3.63, 3.8) is 0 Å². The molecule has 1 aromatic rings. The molecule has 2 aliphatic carbocycles. The molecule has 0 radical (unpaired) electrons. The highest BCUT2D eigenvalue weighted by molar-refractivity contribution is 5.80. The molecule has 0 aliphatic heterocycles. The van der Waals surface area contributed by atoms with Gasteiger partial charge < -0.3 is 16.0 Å². The molecule has 2 saturated carbocycles. The first-order chi connectivity index (χ1) is 15.1. The third-order valence-electron chi connectivity index (χ3n) is 6.53. The zero-order chi connectivity index (χ0) is 21.9. The standard InChI is InChI=1S/C24H36N4O3/c29-22(27-17-19-7-4-13-25-16-19)12-14-26-24(31)20-8-10-21(11-9-20)28-23(30)15-18-5-2-1-3-6-18/h4,7,13,16,18,20-21H,1-3,5-6,8-12,14-15,17H2,(H,26,31)(H,27,29)(H,28,30). The van der Waals surface area contributed by atoms with E-state index in [2.05, 4.69) is 20.9 Å². The van der Waals surface area contributed by atoms with Gasteiger partial charge in [0.25, 0.3) is 0 Å². The molecule has 1 heterocycles. The van der Waals surface area contributed by atoms with E-state index in [-0.39, 0.29) is 36.1 Å². The van der Waals surface area contributed by atoms with Gasteiger partial charge in [0, 0.05) is 50.3 Å². The fourth-order valence-corrected chi connectivity index (χ4v) is 4.68. The van der Waals surface area contributed by atoms with Crippen LogP contribution in [0.2, 0.25) is 0 Å². The highest BCUT2D eigenvalue weighted by Gasteiger charge is 2.27. The number of nitrogens with zero attached hydrogens (tertiary/aromatic N) is 1. The molecule has 0 aromatic carbocycles. The molecule has 31 heavy (non-hydrogen) atoms. The van der Waals surface area contributed by atoms with E-state index in [9.17, 15) is 14.4 Å². The van der Waals surface area contributed by atoms with Crippen molar-refractivity contribution in [1.82, 2.24) is 20.9 Å². The monoisotopic (exact) mass is 428 g/mol. The molecule has 0 bridgehead atoms. The lowest BCUT2D eigenvalue weighted by Gasteiger charge is -2.29. The predicted octanol–water partition coefficient (Wildman–Crippen LogP) is 2.85. The van der Waals surface area contributed by atoms with Crippen molar-refractivity contribution in [3.05, 3.63) is 30.1 Å². The fraction of sp³-hybridized carbons (Fsp3) is 0.667. The van der Waals surface area contributed by atoms with Gasteiger partial charge in [-0.15, -0.1) is 0 Å². The Morgan fingerprint density at radius 3 is 2.42 bits per heavy atom. The molecular formula is C24H36N4O3. The van der Waals surface area contributed by atoms with E-state index in [0.29, 0.717) is 25.4 Å². The van der Waals surface area contributed by atoms with E-state index in [1.807, 2.05) is 12.1 Å². The summed E-state index contributed by atoms with van der Waals surface area (Å²) in [4.78, 5) is 40.7. The summed E-state index contributed by atoms with van der Waals surface area (Å²) in [7, 11) is 0. The maximum Gasteiger partial charge on any atom is 0.223 e. The van der Waals surface area contributed by atoms with Gasteiger partial charge in [0.1, 0.15) is 0 Å². The summed E-state index contributed by atoms with van der Waals surface area (Å²) in [6.45, 7) is 0.785. The molecule has 7 heteroatoms. The number of amides is 3. The van der Waals surface area contributed by atoms with Crippen LogP contribution in [0, 0.1) is 11.8 Å². The topological polar surface area (TPSA) is 100 Å². The first kappa shape index (κ1) is 23.2. The lowest BCUT2D eigenvalue weighted by atomic mass is 9.84.